The predicted molar refractivity (Wildman–Crippen MR) is 144 cm³/mol. The highest BCUT2D eigenvalue weighted by atomic mass is 35.5. The van der Waals surface area contributed by atoms with Gasteiger partial charge in [0.15, 0.2) is 5.11 Å². The number of benzene rings is 2. The predicted octanol–water partition coefficient (Wildman–Crippen LogP) is 6.38. The fourth-order valence-corrected chi connectivity index (χ4v) is 3.52. The Morgan fingerprint density at radius 2 is 1.86 bits per heavy atom. The van der Waals surface area contributed by atoms with Gasteiger partial charge in [0.1, 0.15) is 17.3 Å². The summed E-state index contributed by atoms with van der Waals surface area (Å²) >= 11 is 17.5. The quantitative estimate of drug-likeness (QED) is 0.242. The molecule has 0 saturated carbocycles. The lowest BCUT2D eigenvalue weighted by Crippen LogP contribution is -2.32. The molecule has 3 aromatic rings. The van der Waals surface area contributed by atoms with Gasteiger partial charge in [0.25, 0.3) is 0 Å². The molecular weight excluding hydrogens is 509 g/mol. The van der Waals surface area contributed by atoms with Gasteiger partial charge in [-0.25, -0.2) is 0 Å². The van der Waals surface area contributed by atoms with Crippen molar-refractivity contribution in [1.29, 1.82) is 0 Å². The largest absolute Gasteiger partial charge is 0.494 e. The maximum absolute atomic E-state index is 12.3. The number of amides is 2. The molecule has 0 fully saturated rings. The van der Waals surface area contributed by atoms with E-state index in [0.29, 0.717) is 44.3 Å². The Morgan fingerprint density at radius 3 is 2.57 bits per heavy atom. The molecule has 0 aliphatic rings. The van der Waals surface area contributed by atoms with Crippen LogP contribution < -0.4 is 20.7 Å². The molecule has 0 saturated heterocycles. The summed E-state index contributed by atoms with van der Waals surface area (Å²) in [6.45, 7) is 3.60. The topological polar surface area (TPSA) is 92.6 Å². The number of nitrogens with one attached hydrogen (secondary N) is 3. The van der Waals surface area contributed by atoms with E-state index in [1.54, 1.807) is 62.4 Å². The second kappa shape index (κ2) is 11.9. The SMILES string of the molecule is COc1cc(NC(=S)NC(=O)C=Cc2ccc(-c3cccc(Cl)c3Cl)o2)ccc1NC(=O)C(C)C. The summed E-state index contributed by atoms with van der Waals surface area (Å²) in [6, 6.07) is 13.7. The average Bonchev–Trinajstić information content (AvgIpc) is 3.29. The highest BCUT2D eigenvalue weighted by molar-refractivity contribution is 7.80. The van der Waals surface area contributed by atoms with Gasteiger partial charge in [-0.05, 0) is 54.7 Å². The lowest BCUT2D eigenvalue weighted by molar-refractivity contribution is -0.119. The Bertz CT molecular complexity index is 1290. The zero-order valence-electron chi connectivity index (χ0n) is 19.1. The van der Waals surface area contributed by atoms with Crippen molar-refractivity contribution in [3.8, 4) is 17.1 Å². The minimum absolute atomic E-state index is 0.0894. The van der Waals surface area contributed by atoms with Crippen LogP contribution in [0.3, 0.4) is 0 Å². The molecule has 3 rings (SSSR count). The molecule has 1 aromatic heterocycles. The van der Waals surface area contributed by atoms with Gasteiger partial charge in [0.2, 0.25) is 11.8 Å². The molecule has 0 bridgehead atoms. The summed E-state index contributed by atoms with van der Waals surface area (Å²) in [6.07, 6.45) is 2.80. The summed E-state index contributed by atoms with van der Waals surface area (Å²) in [7, 11) is 1.50. The van der Waals surface area contributed by atoms with Gasteiger partial charge in [-0.1, -0.05) is 43.1 Å². The Labute approximate surface area is 218 Å². The second-order valence-corrected chi connectivity index (χ2v) is 8.83. The van der Waals surface area contributed by atoms with Crippen LogP contribution >= 0.6 is 35.4 Å². The average molecular weight is 532 g/mol. The van der Waals surface area contributed by atoms with Crippen LogP contribution in [0.5, 0.6) is 5.75 Å². The van der Waals surface area contributed by atoms with E-state index in [1.807, 2.05) is 0 Å². The number of halogens is 2. The summed E-state index contributed by atoms with van der Waals surface area (Å²) in [4.78, 5) is 24.2. The summed E-state index contributed by atoms with van der Waals surface area (Å²) in [5, 5.41) is 9.16. The molecule has 0 radical (unpaired) electrons. The van der Waals surface area contributed by atoms with E-state index in [-0.39, 0.29) is 16.9 Å². The zero-order chi connectivity index (χ0) is 25.5. The molecule has 0 aliphatic carbocycles. The van der Waals surface area contributed by atoms with Crippen molar-refractivity contribution >= 4 is 69.8 Å². The van der Waals surface area contributed by atoms with E-state index < -0.39 is 5.91 Å². The molecule has 0 spiro atoms. The molecule has 0 unspecified atom stereocenters. The maximum Gasteiger partial charge on any atom is 0.250 e. The van der Waals surface area contributed by atoms with Crippen LogP contribution in [0.2, 0.25) is 10.0 Å². The van der Waals surface area contributed by atoms with Crippen molar-refractivity contribution in [3.63, 3.8) is 0 Å². The number of rotatable bonds is 7. The Hall–Kier alpha value is -3.33. The van der Waals surface area contributed by atoms with E-state index in [2.05, 4.69) is 16.0 Å². The number of carbonyl (C=O) groups is 2. The Kier molecular flexibility index (Phi) is 8.92. The Balaban J connectivity index is 1.59. The van der Waals surface area contributed by atoms with Crippen LogP contribution in [-0.4, -0.2) is 24.0 Å². The van der Waals surface area contributed by atoms with Crippen LogP contribution in [0.1, 0.15) is 19.6 Å². The molecule has 1 heterocycles. The van der Waals surface area contributed by atoms with Gasteiger partial charge in [-0.3, -0.25) is 14.9 Å². The van der Waals surface area contributed by atoms with E-state index in [9.17, 15) is 9.59 Å². The van der Waals surface area contributed by atoms with Gasteiger partial charge in [0, 0.05) is 29.3 Å². The molecule has 2 amide bonds. The summed E-state index contributed by atoms with van der Waals surface area (Å²) < 4.78 is 11.1. The smallest absolute Gasteiger partial charge is 0.250 e. The van der Waals surface area contributed by atoms with E-state index in [1.165, 1.54) is 19.3 Å². The molecule has 0 atom stereocenters. The van der Waals surface area contributed by atoms with E-state index in [0.717, 1.165) is 0 Å². The third-order valence-electron chi connectivity index (χ3n) is 4.72. The van der Waals surface area contributed by atoms with Gasteiger partial charge in [-0.15, -0.1) is 0 Å². The van der Waals surface area contributed by atoms with Crippen molar-refractivity contribution in [1.82, 2.24) is 5.32 Å². The molecule has 0 aliphatic heterocycles. The van der Waals surface area contributed by atoms with Crippen LogP contribution in [0, 0.1) is 5.92 Å². The Morgan fingerprint density at radius 1 is 1.09 bits per heavy atom. The highest BCUT2D eigenvalue weighted by Gasteiger charge is 2.13. The number of carbonyl (C=O) groups excluding carboxylic acids is 2. The number of furan rings is 1. The highest BCUT2D eigenvalue weighted by Crippen LogP contribution is 2.34. The molecule has 182 valence electrons. The number of ether oxygens (including phenoxy) is 1. The van der Waals surface area contributed by atoms with Crippen LogP contribution in [0.25, 0.3) is 17.4 Å². The molecule has 2 aromatic carbocycles. The first-order valence-corrected chi connectivity index (χ1v) is 11.7. The first-order valence-electron chi connectivity index (χ1n) is 10.5. The third-order valence-corrected chi connectivity index (χ3v) is 5.74. The summed E-state index contributed by atoms with van der Waals surface area (Å²) in [5.41, 5.74) is 1.76. The maximum atomic E-state index is 12.3. The molecule has 10 heteroatoms. The first kappa shape index (κ1) is 26.3. The normalized spacial score (nSPS) is 10.9. The van der Waals surface area contributed by atoms with Crippen LogP contribution in [0.4, 0.5) is 11.4 Å². The van der Waals surface area contributed by atoms with Crippen molar-refractivity contribution in [2.45, 2.75) is 13.8 Å². The third kappa shape index (κ3) is 7.08. The summed E-state index contributed by atoms with van der Waals surface area (Å²) in [5.74, 6) is 0.680. The lowest BCUT2D eigenvalue weighted by atomic mass is 10.2. The molecular formula is C25H23Cl2N3O4S. The number of hydrogen-bond acceptors (Lipinski definition) is 5. The zero-order valence-corrected chi connectivity index (χ0v) is 21.5. The second-order valence-electron chi connectivity index (χ2n) is 7.64. The van der Waals surface area contributed by atoms with Gasteiger partial charge in [0.05, 0.1) is 22.8 Å². The fraction of sp³-hybridized carbons (Fsp3) is 0.160. The van der Waals surface area contributed by atoms with Gasteiger partial charge >= 0.3 is 0 Å². The van der Waals surface area contributed by atoms with Crippen molar-refractivity contribution in [2.24, 2.45) is 5.92 Å². The van der Waals surface area contributed by atoms with Crippen LogP contribution in [0.15, 0.2) is 59.0 Å². The number of hydrogen-bond donors (Lipinski definition) is 3. The minimum Gasteiger partial charge on any atom is -0.494 e. The fourth-order valence-electron chi connectivity index (χ4n) is 2.90. The van der Waals surface area contributed by atoms with Gasteiger partial charge < -0.3 is 19.8 Å². The monoisotopic (exact) mass is 531 g/mol. The van der Waals surface area contributed by atoms with E-state index >= 15 is 0 Å². The number of anilines is 2. The van der Waals surface area contributed by atoms with Crippen molar-refractivity contribution in [2.75, 3.05) is 17.7 Å². The number of methoxy groups -OCH3 is 1. The lowest BCUT2D eigenvalue weighted by Gasteiger charge is -2.14. The van der Waals surface area contributed by atoms with Gasteiger partial charge in [-0.2, -0.15) is 0 Å². The standard InChI is InChI=1S/C25H23Cl2N3O4S/c1-14(2)24(32)29-19-10-7-15(13-21(19)33-3)28-25(35)30-22(31)12-9-16-8-11-20(34-16)17-5-4-6-18(26)23(17)27/h4-14H,1-3H3,(H,29,32)(H2,28,30,31,35). The van der Waals surface area contributed by atoms with Crippen molar-refractivity contribution < 1.29 is 18.7 Å². The molecule has 35 heavy (non-hydrogen) atoms. The first-order chi connectivity index (χ1) is 16.7. The minimum atomic E-state index is -0.450. The number of thiocarbonyl (C=S) groups is 1. The van der Waals surface area contributed by atoms with E-state index in [4.69, 9.17) is 44.6 Å². The molecule has 7 nitrogen and oxygen atoms in total. The van der Waals surface area contributed by atoms with Crippen molar-refractivity contribution in [3.05, 3.63) is 70.4 Å². The molecule has 3 N–H and O–H groups in total. The van der Waals surface area contributed by atoms with Crippen LogP contribution in [-0.2, 0) is 9.59 Å².